The molecule has 0 bridgehead atoms. The quantitative estimate of drug-likeness (QED) is 0.543. The van der Waals surface area contributed by atoms with Crippen LogP contribution in [-0.4, -0.2) is 6.54 Å². The summed E-state index contributed by atoms with van der Waals surface area (Å²) in [6, 6.07) is 0. The van der Waals surface area contributed by atoms with Crippen LogP contribution in [0.1, 0.15) is 39.5 Å². The lowest BCUT2D eigenvalue weighted by Crippen LogP contribution is -2.78. The molecule has 0 rings (SSSR count). The van der Waals surface area contributed by atoms with Crippen molar-refractivity contribution in [3.8, 4) is 0 Å². The smallest absolute Gasteiger partial charge is 0.0543 e. The molecule has 10 heavy (non-hydrogen) atoms. The zero-order chi connectivity index (χ0) is 7.82. The second-order valence-corrected chi connectivity index (χ2v) is 2.94. The highest BCUT2D eigenvalue weighted by molar-refractivity contribution is 4.53. The number of hydrogen-bond donors (Lipinski definition) is 1. The molecule has 0 aliphatic carbocycles. The Labute approximate surface area is 65.2 Å². The largest absolute Gasteiger partial charge is 0.479 e. The molecule has 0 spiro atoms. The lowest BCUT2D eigenvalue weighted by atomic mass is 10.00. The van der Waals surface area contributed by atoms with E-state index in [1.165, 1.54) is 32.2 Å². The molecule has 0 fully saturated rings. The van der Waals surface area contributed by atoms with Gasteiger partial charge in [-0.3, -0.25) is 0 Å². The molecule has 0 aliphatic rings. The van der Waals surface area contributed by atoms with Crippen molar-refractivity contribution < 1.29 is 5.32 Å². The van der Waals surface area contributed by atoms with E-state index in [0.717, 1.165) is 5.92 Å². The first-order valence-corrected chi connectivity index (χ1v) is 4.46. The lowest BCUT2D eigenvalue weighted by molar-refractivity contribution is -0.602. The molecule has 0 radical (unpaired) electrons. The van der Waals surface area contributed by atoms with E-state index < -0.39 is 0 Å². The average Bonchev–Trinajstić information content (AvgIpc) is 1.98. The van der Waals surface area contributed by atoms with E-state index in [4.69, 9.17) is 0 Å². The van der Waals surface area contributed by atoms with E-state index in [1.807, 2.05) is 5.32 Å². The maximum absolute atomic E-state index is 3.76. The summed E-state index contributed by atoms with van der Waals surface area (Å²) in [5, 5.41) is 2.05. The highest BCUT2D eigenvalue weighted by Gasteiger charge is 2.03. The van der Waals surface area contributed by atoms with Gasteiger partial charge < -0.3 is 5.32 Å². The Morgan fingerprint density at radius 3 is 2.50 bits per heavy atom. The zero-order valence-electron chi connectivity index (χ0n) is 7.40. The molecule has 0 aromatic carbocycles. The predicted molar refractivity (Wildman–Crippen MR) is 45.5 cm³/mol. The van der Waals surface area contributed by atoms with Gasteiger partial charge in [0, 0.05) is 5.92 Å². The Hall–Kier alpha value is -0.0400. The van der Waals surface area contributed by atoms with E-state index in [1.54, 1.807) is 0 Å². The van der Waals surface area contributed by atoms with Gasteiger partial charge in [-0.05, 0) is 12.8 Å². The van der Waals surface area contributed by atoms with Crippen molar-refractivity contribution in [1.29, 1.82) is 0 Å². The fourth-order valence-electron chi connectivity index (χ4n) is 1.22. The van der Waals surface area contributed by atoms with Crippen LogP contribution in [0.4, 0.5) is 0 Å². The molecular weight excluding hydrogens is 122 g/mol. The first-order chi connectivity index (χ1) is 4.85. The van der Waals surface area contributed by atoms with E-state index in [-0.39, 0.29) is 0 Å². The van der Waals surface area contributed by atoms with Crippen LogP contribution in [0.2, 0.25) is 0 Å². The highest BCUT2D eigenvalue weighted by atomic mass is 14.8. The summed E-state index contributed by atoms with van der Waals surface area (Å²) >= 11 is 0. The highest BCUT2D eigenvalue weighted by Crippen LogP contribution is 2.09. The second kappa shape index (κ2) is 7.07. The average molecular weight is 143 g/mol. The Balaban J connectivity index is 3.21. The molecule has 1 atom stereocenters. The van der Waals surface area contributed by atoms with Crippen molar-refractivity contribution in [2.75, 3.05) is 6.54 Å². The van der Waals surface area contributed by atoms with Crippen LogP contribution < -0.4 is 5.32 Å². The Bertz CT molecular complexity index is 61.7. The van der Waals surface area contributed by atoms with Gasteiger partial charge in [-0.1, -0.05) is 26.7 Å². The maximum atomic E-state index is 3.76. The minimum Gasteiger partial charge on any atom is -0.479 e. The van der Waals surface area contributed by atoms with E-state index >= 15 is 0 Å². The molecule has 1 unspecified atom stereocenters. The molecule has 0 aromatic heterocycles. The first-order valence-electron chi connectivity index (χ1n) is 4.46. The molecule has 0 saturated heterocycles. The molecule has 1 nitrogen and oxygen atoms in total. The molecule has 2 N–H and O–H groups in total. The minimum atomic E-state index is 0.900. The molecular formula is C9H21N. The van der Waals surface area contributed by atoms with Crippen LogP contribution in [-0.2, 0) is 0 Å². The molecule has 1 heteroatoms. The lowest BCUT2D eigenvalue weighted by Gasteiger charge is -2.12. The number of rotatable bonds is 6. The standard InChI is InChI=1S/C9H21N/c1-4-6-7-9(5-2)8-10-3/h9H,3-8,10H2,1-2H3. The van der Waals surface area contributed by atoms with Gasteiger partial charge in [0.05, 0.1) is 6.54 Å². The summed E-state index contributed by atoms with van der Waals surface area (Å²) in [6.45, 7) is 5.72. The van der Waals surface area contributed by atoms with Gasteiger partial charge >= 0.3 is 0 Å². The summed E-state index contributed by atoms with van der Waals surface area (Å²) in [7, 11) is 3.76. The third kappa shape index (κ3) is 4.80. The number of nitrogens with two attached hydrogens (primary N) is 1. The second-order valence-electron chi connectivity index (χ2n) is 2.94. The normalized spacial score (nSPS) is 13.5. The third-order valence-electron chi connectivity index (χ3n) is 2.04. The monoisotopic (exact) mass is 143 g/mol. The van der Waals surface area contributed by atoms with Crippen molar-refractivity contribution in [1.82, 2.24) is 0 Å². The third-order valence-corrected chi connectivity index (χ3v) is 2.04. The fraction of sp³-hybridized carbons (Fsp3) is 0.889. The van der Waals surface area contributed by atoms with Gasteiger partial charge in [0.2, 0.25) is 0 Å². The SMILES string of the molecule is [CH2-][NH2+]CC(CC)CCCC. The number of unbranched alkanes of at least 4 members (excludes halogenated alkanes) is 1. The summed E-state index contributed by atoms with van der Waals surface area (Å²) in [5.74, 6) is 0.900. The number of quaternary nitrogens is 1. The van der Waals surface area contributed by atoms with E-state index in [2.05, 4.69) is 20.9 Å². The minimum absolute atomic E-state index is 0.900. The van der Waals surface area contributed by atoms with E-state index in [9.17, 15) is 0 Å². The molecule has 0 amide bonds. The van der Waals surface area contributed by atoms with Crippen molar-refractivity contribution >= 4 is 0 Å². The van der Waals surface area contributed by atoms with Crippen molar-refractivity contribution in [3.63, 3.8) is 0 Å². The van der Waals surface area contributed by atoms with Gasteiger partial charge in [-0.15, -0.1) is 0 Å². The van der Waals surface area contributed by atoms with Crippen molar-refractivity contribution in [2.24, 2.45) is 5.92 Å². The maximum Gasteiger partial charge on any atom is 0.0543 e. The van der Waals surface area contributed by atoms with Gasteiger partial charge in [-0.25, -0.2) is 0 Å². The van der Waals surface area contributed by atoms with Gasteiger partial charge in [0.1, 0.15) is 0 Å². The van der Waals surface area contributed by atoms with Crippen LogP contribution in [0, 0.1) is 13.0 Å². The van der Waals surface area contributed by atoms with Crippen LogP contribution in [0.25, 0.3) is 0 Å². The van der Waals surface area contributed by atoms with Crippen LogP contribution in [0.3, 0.4) is 0 Å². The van der Waals surface area contributed by atoms with Crippen LogP contribution >= 0.6 is 0 Å². The summed E-state index contributed by atoms with van der Waals surface area (Å²) < 4.78 is 0. The topological polar surface area (TPSA) is 16.6 Å². The van der Waals surface area contributed by atoms with Crippen molar-refractivity contribution in [2.45, 2.75) is 39.5 Å². The van der Waals surface area contributed by atoms with E-state index in [0.29, 0.717) is 0 Å². The number of hydrogen-bond acceptors (Lipinski definition) is 0. The summed E-state index contributed by atoms with van der Waals surface area (Å²) in [4.78, 5) is 0. The Morgan fingerprint density at radius 1 is 1.40 bits per heavy atom. The van der Waals surface area contributed by atoms with Gasteiger partial charge in [-0.2, -0.15) is 7.05 Å². The summed E-state index contributed by atoms with van der Waals surface area (Å²) in [6.07, 6.45) is 5.41. The zero-order valence-corrected chi connectivity index (χ0v) is 7.40. The predicted octanol–water partition coefficient (Wildman–Crippen LogP) is 1.56. The molecule has 0 aromatic rings. The van der Waals surface area contributed by atoms with Gasteiger partial charge in [0.15, 0.2) is 0 Å². The molecule has 0 saturated carbocycles. The van der Waals surface area contributed by atoms with Crippen molar-refractivity contribution in [3.05, 3.63) is 7.05 Å². The van der Waals surface area contributed by atoms with Crippen LogP contribution in [0.5, 0.6) is 0 Å². The Morgan fingerprint density at radius 2 is 2.10 bits per heavy atom. The molecule has 62 valence electrons. The molecule has 0 heterocycles. The fourth-order valence-corrected chi connectivity index (χ4v) is 1.22. The molecule has 0 aliphatic heterocycles. The van der Waals surface area contributed by atoms with Crippen LogP contribution in [0.15, 0.2) is 0 Å². The van der Waals surface area contributed by atoms with Gasteiger partial charge in [0.25, 0.3) is 0 Å². The first kappa shape index (κ1) is 9.96. The Kier molecular flexibility index (Phi) is 7.04. The summed E-state index contributed by atoms with van der Waals surface area (Å²) in [5.41, 5.74) is 0.